The van der Waals surface area contributed by atoms with Gasteiger partial charge in [0.15, 0.2) is 0 Å². The molecule has 1 fully saturated rings. The standard InChI is InChI=1S/C18H36O3.Sn.2H/c1-2-3-4-5-6-7-8-9-10-11-12-13-14-15-16-17-18(19)20-21-18;;;/h19H,2-17H2,1H3;;;. The fourth-order valence-electron chi connectivity index (χ4n) is 2.85. The molecule has 1 heterocycles. The molecular formula is C18H38O3Sn. The van der Waals surface area contributed by atoms with E-state index in [1.54, 1.807) is 0 Å². The van der Waals surface area contributed by atoms with Gasteiger partial charge in [-0.2, -0.15) is 9.78 Å². The van der Waals surface area contributed by atoms with E-state index in [4.69, 9.17) is 0 Å². The van der Waals surface area contributed by atoms with Crippen LogP contribution in [0.4, 0.5) is 0 Å². The Kier molecular flexibility index (Phi) is 15.7. The molecule has 0 aliphatic carbocycles. The van der Waals surface area contributed by atoms with Gasteiger partial charge in [0.2, 0.25) is 0 Å². The molecule has 1 aliphatic rings. The van der Waals surface area contributed by atoms with Crippen LogP contribution in [0.25, 0.3) is 0 Å². The van der Waals surface area contributed by atoms with Gasteiger partial charge in [-0.15, -0.1) is 0 Å². The van der Waals surface area contributed by atoms with E-state index in [0.717, 1.165) is 6.42 Å². The zero-order valence-electron chi connectivity index (χ0n) is 14.8. The fraction of sp³-hybridized carbons (Fsp3) is 1.00. The van der Waals surface area contributed by atoms with Crippen LogP contribution in [0, 0.1) is 0 Å². The van der Waals surface area contributed by atoms with Crippen molar-refractivity contribution >= 4 is 23.9 Å². The summed E-state index contributed by atoms with van der Waals surface area (Å²) in [5.74, 6) is -1.21. The van der Waals surface area contributed by atoms with Crippen molar-refractivity contribution in [1.29, 1.82) is 0 Å². The summed E-state index contributed by atoms with van der Waals surface area (Å²) in [7, 11) is 0. The van der Waals surface area contributed by atoms with Gasteiger partial charge in [-0.1, -0.05) is 96.8 Å². The molecule has 0 amide bonds. The van der Waals surface area contributed by atoms with Crippen LogP contribution >= 0.6 is 0 Å². The Balaban J connectivity index is 0.00000441. The maximum atomic E-state index is 9.29. The van der Waals surface area contributed by atoms with Gasteiger partial charge < -0.3 is 5.11 Å². The quantitative estimate of drug-likeness (QED) is 0.166. The Morgan fingerprint density at radius 3 is 1.23 bits per heavy atom. The summed E-state index contributed by atoms with van der Waals surface area (Å²) < 4.78 is 0. The van der Waals surface area contributed by atoms with Crippen LogP contribution in [-0.4, -0.2) is 35.0 Å². The Morgan fingerprint density at radius 2 is 0.909 bits per heavy atom. The molecule has 0 spiro atoms. The van der Waals surface area contributed by atoms with E-state index in [9.17, 15) is 5.11 Å². The predicted molar refractivity (Wildman–Crippen MR) is 95.2 cm³/mol. The minimum absolute atomic E-state index is 0. The summed E-state index contributed by atoms with van der Waals surface area (Å²) in [6, 6.07) is 0. The first-order valence-electron chi connectivity index (χ1n) is 9.36. The van der Waals surface area contributed by atoms with Crippen LogP contribution in [-0.2, 0) is 9.78 Å². The topological polar surface area (TPSA) is 45.3 Å². The molecule has 0 saturated carbocycles. The van der Waals surface area contributed by atoms with Crippen molar-refractivity contribution < 1.29 is 14.9 Å². The number of rotatable bonds is 16. The monoisotopic (exact) mass is 422 g/mol. The van der Waals surface area contributed by atoms with Crippen LogP contribution in [0.2, 0.25) is 0 Å². The molecule has 1 aliphatic heterocycles. The third-order valence-electron chi connectivity index (χ3n) is 4.37. The predicted octanol–water partition coefficient (Wildman–Crippen LogP) is 4.94. The zero-order chi connectivity index (χ0) is 15.2. The molecule has 1 saturated heterocycles. The molecule has 0 aromatic heterocycles. The van der Waals surface area contributed by atoms with Crippen LogP contribution < -0.4 is 0 Å². The van der Waals surface area contributed by atoms with Gasteiger partial charge in [0.05, 0.1) is 0 Å². The van der Waals surface area contributed by atoms with Gasteiger partial charge in [-0.05, 0) is 6.42 Å². The first-order valence-corrected chi connectivity index (χ1v) is 9.36. The van der Waals surface area contributed by atoms with E-state index >= 15 is 0 Å². The van der Waals surface area contributed by atoms with Gasteiger partial charge in [0.1, 0.15) is 0 Å². The molecule has 0 atom stereocenters. The summed E-state index contributed by atoms with van der Waals surface area (Å²) in [5, 5.41) is 9.29. The van der Waals surface area contributed by atoms with Gasteiger partial charge in [0, 0.05) is 6.42 Å². The molecule has 1 rings (SSSR count). The molecule has 0 aromatic rings. The van der Waals surface area contributed by atoms with E-state index in [0.29, 0.717) is 6.42 Å². The van der Waals surface area contributed by atoms with Crippen molar-refractivity contribution in [3.63, 3.8) is 0 Å². The van der Waals surface area contributed by atoms with Gasteiger partial charge in [-0.25, -0.2) is 0 Å². The fourth-order valence-corrected chi connectivity index (χ4v) is 2.85. The molecule has 3 nitrogen and oxygen atoms in total. The average molecular weight is 421 g/mol. The molecule has 4 heteroatoms. The SMILES string of the molecule is CCCCCCCCCCCCCCCCCC1(O)OO1.[SnH2]. The first-order chi connectivity index (χ1) is 10.3. The molecule has 0 unspecified atom stereocenters. The normalized spacial score (nSPS) is 15.5. The molecular weight excluding hydrogens is 383 g/mol. The van der Waals surface area contributed by atoms with Crippen LogP contribution in [0.15, 0.2) is 0 Å². The Labute approximate surface area is 154 Å². The van der Waals surface area contributed by atoms with E-state index in [1.807, 2.05) is 0 Å². The molecule has 132 valence electrons. The number of unbranched alkanes of at least 4 members (excludes halogenated alkanes) is 14. The zero-order valence-corrected chi connectivity index (χ0v) is 18.8. The molecule has 0 bridgehead atoms. The second-order valence-corrected chi connectivity index (χ2v) is 6.58. The Hall–Kier alpha value is 0.679. The van der Waals surface area contributed by atoms with Crippen molar-refractivity contribution in [2.24, 2.45) is 0 Å². The molecule has 0 aromatic carbocycles. The average Bonchev–Trinajstić information content (AvgIpc) is 3.21. The van der Waals surface area contributed by atoms with Crippen molar-refractivity contribution in [2.45, 2.75) is 116 Å². The van der Waals surface area contributed by atoms with Crippen molar-refractivity contribution in [3.05, 3.63) is 0 Å². The third kappa shape index (κ3) is 14.3. The summed E-state index contributed by atoms with van der Waals surface area (Å²) in [6.45, 7) is 2.28. The van der Waals surface area contributed by atoms with Crippen LogP contribution in [0.1, 0.15) is 110 Å². The number of aliphatic hydroxyl groups is 1. The van der Waals surface area contributed by atoms with Crippen molar-refractivity contribution in [3.8, 4) is 0 Å². The molecule has 2 radical (unpaired) electrons. The maximum absolute atomic E-state index is 9.29. The second kappa shape index (κ2) is 15.2. The third-order valence-corrected chi connectivity index (χ3v) is 4.37. The Bertz CT molecular complexity index is 232. The van der Waals surface area contributed by atoms with E-state index in [2.05, 4.69) is 16.7 Å². The van der Waals surface area contributed by atoms with E-state index in [-0.39, 0.29) is 23.9 Å². The minimum atomic E-state index is -1.21. The van der Waals surface area contributed by atoms with E-state index < -0.39 is 5.97 Å². The Morgan fingerprint density at radius 1 is 0.591 bits per heavy atom. The first kappa shape index (κ1) is 22.7. The van der Waals surface area contributed by atoms with E-state index in [1.165, 1.54) is 89.9 Å². The van der Waals surface area contributed by atoms with Gasteiger partial charge in [0.25, 0.3) is 0 Å². The summed E-state index contributed by atoms with van der Waals surface area (Å²) >= 11 is 0. The van der Waals surface area contributed by atoms with Crippen molar-refractivity contribution in [2.75, 3.05) is 0 Å². The van der Waals surface area contributed by atoms with Crippen molar-refractivity contribution in [1.82, 2.24) is 0 Å². The number of hydrogen-bond donors (Lipinski definition) is 1. The summed E-state index contributed by atoms with van der Waals surface area (Å²) in [4.78, 5) is 8.94. The molecule has 1 N–H and O–H groups in total. The summed E-state index contributed by atoms with van der Waals surface area (Å²) in [5.41, 5.74) is 0. The van der Waals surface area contributed by atoms with Crippen LogP contribution in [0.3, 0.4) is 0 Å². The van der Waals surface area contributed by atoms with Gasteiger partial charge >= 0.3 is 29.9 Å². The molecule has 22 heavy (non-hydrogen) atoms. The van der Waals surface area contributed by atoms with Crippen LogP contribution in [0.5, 0.6) is 0 Å². The second-order valence-electron chi connectivity index (χ2n) is 6.58. The van der Waals surface area contributed by atoms with Gasteiger partial charge in [-0.3, -0.25) is 0 Å². The summed E-state index contributed by atoms with van der Waals surface area (Å²) in [6.07, 6.45) is 21.0. The number of hydrogen-bond acceptors (Lipinski definition) is 3.